The van der Waals surface area contributed by atoms with Gasteiger partial charge in [-0.3, -0.25) is 19.6 Å². The number of carbonyl (C=O) groups is 4. The Morgan fingerprint density at radius 3 is 2.20 bits per heavy atom. The standard InChI is InChI=1S/C17H18N4O4.C11H11NO4/c1-3-25-16(22)13-10-17(23,14-6-4-5-9-18-14)21(20-13)12-7-8-15(24-2)19-11-12;1-2-16-11(15)10(14)7-9(13)8-5-3-4-6-12-8/h4-9,11,23H,3,10H2,1-2H3;3-6H,2,7H2,1H3. The summed E-state index contributed by atoms with van der Waals surface area (Å²) in [5, 5.41) is 16.9. The fraction of sp³-hybridized carbons (Fsp3) is 0.286. The van der Waals surface area contributed by atoms with E-state index in [9.17, 15) is 24.3 Å². The summed E-state index contributed by atoms with van der Waals surface area (Å²) in [6, 6.07) is 13.3. The van der Waals surface area contributed by atoms with Crippen LogP contribution < -0.4 is 9.75 Å². The summed E-state index contributed by atoms with van der Waals surface area (Å²) in [7, 11) is 1.51. The van der Waals surface area contributed by atoms with E-state index < -0.39 is 35.7 Å². The van der Waals surface area contributed by atoms with Crippen molar-refractivity contribution in [2.75, 3.05) is 25.3 Å². The van der Waals surface area contributed by atoms with Crippen molar-refractivity contribution in [3.63, 3.8) is 0 Å². The lowest BCUT2D eigenvalue weighted by Gasteiger charge is -2.31. The molecule has 13 heteroatoms. The molecule has 1 aliphatic rings. The van der Waals surface area contributed by atoms with Crippen LogP contribution in [0.3, 0.4) is 0 Å². The maximum atomic E-state index is 12.1. The van der Waals surface area contributed by atoms with Crippen LogP contribution in [-0.2, 0) is 29.6 Å². The molecule has 1 aliphatic heterocycles. The molecule has 0 aromatic carbocycles. The van der Waals surface area contributed by atoms with Crippen molar-refractivity contribution in [2.24, 2.45) is 5.10 Å². The van der Waals surface area contributed by atoms with E-state index in [1.54, 1.807) is 62.5 Å². The number of ketones is 2. The smallest absolute Gasteiger partial charge is 0.375 e. The summed E-state index contributed by atoms with van der Waals surface area (Å²) < 4.78 is 14.5. The zero-order valence-electron chi connectivity index (χ0n) is 22.7. The number of esters is 2. The predicted molar refractivity (Wildman–Crippen MR) is 145 cm³/mol. The van der Waals surface area contributed by atoms with Crippen LogP contribution in [0.2, 0.25) is 0 Å². The number of rotatable bonds is 10. The summed E-state index contributed by atoms with van der Waals surface area (Å²) >= 11 is 0. The number of hydrogen-bond acceptors (Lipinski definition) is 13. The van der Waals surface area contributed by atoms with Gasteiger partial charge < -0.3 is 19.3 Å². The minimum atomic E-state index is -1.61. The molecule has 3 aromatic heterocycles. The highest BCUT2D eigenvalue weighted by atomic mass is 16.5. The molecule has 4 rings (SSSR count). The Kier molecular flexibility index (Phi) is 10.7. The van der Waals surface area contributed by atoms with Crippen LogP contribution in [0.1, 0.15) is 42.9 Å². The molecular weight excluding hydrogens is 534 g/mol. The Balaban J connectivity index is 0.000000250. The van der Waals surface area contributed by atoms with Gasteiger partial charge in [0.15, 0.2) is 11.5 Å². The zero-order valence-corrected chi connectivity index (χ0v) is 22.7. The number of methoxy groups -OCH3 is 1. The van der Waals surface area contributed by atoms with Crippen molar-refractivity contribution in [3.05, 3.63) is 78.5 Å². The molecule has 0 saturated carbocycles. The van der Waals surface area contributed by atoms with E-state index in [-0.39, 0.29) is 31.0 Å². The average molecular weight is 564 g/mol. The number of pyridine rings is 3. The monoisotopic (exact) mass is 563 g/mol. The maximum Gasteiger partial charge on any atom is 0.375 e. The topological polar surface area (TPSA) is 170 Å². The summed E-state index contributed by atoms with van der Waals surface area (Å²) in [4.78, 5) is 57.9. The first-order chi connectivity index (χ1) is 19.7. The molecule has 0 spiro atoms. The molecule has 0 fully saturated rings. The number of Topliss-reactive ketones (excluding diaryl/α,β-unsaturated/α-hetero) is 2. The summed E-state index contributed by atoms with van der Waals surface area (Å²) in [5.41, 5.74) is -0.465. The minimum Gasteiger partial charge on any atom is -0.481 e. The van der Waals surface area contributed by atoms with E-state index >= 15 is 0 Å². The molecule has 0 bridgehead atoms. The quantitative estimate of drug-likeness (QED) is 0.165. The van der Waals surface area contributed by atoms with E-state index in [0.717, 1.165) is 0 Å². The van der Waals surface area contributed by atoms with Crippen LogP contribution in [0.5, 0.6) is 5.88 Å². The first kappa shape index (κ1) is 30.5. The number of ether oxygens (including phenoxy) is 3. The van der Waals surface area contributed by atoms with E-state index in [0.29, 0.717) is 17.3 Å². The van der Waals surface area contributed by atoms with Crippen LogP contribution in [-0.4, -0.2) is 69.6 Å². The van der Waals surface area contributed by atoms with Gasteiger partial charge in [-0.2, -0.15) is 5.10 Å². The number of aliphatic hydroxyl groups is 1. The van der Waals surface area contributed by atoms with Crippen molar-refractivity contribution < 1.29 is 38.5 Å². The van der Waals surface area contributed by atoms with E-state index in [4.69, 9.17) is 9.47 Å². The fourth-order valence-corrected chi connectivity index (χ4v) is 3.61. The van der Waals surface area contributed by atoms with Crippen LogP contribution in [0, 0.1) is 0 Å². The fourth-order valence-electron chi connectivity index (χ4n) is 3.61. The first-order valence-corrected chi connectivity index (χ1v) is 12.6. The molecule has 1 unspecified atom stereocenters. The molecule has 0 saturated heterocycles. The Morgan fingerprint density at radius 2 is 1.63 bits per heavy atom. The number of anilines is 1. The third-order valence-corrected chi connectivity index (χ3v) is 5.52. The highest BCUT2D eigenvalue weighted by Gasteiger charge is 2.47. The molecule has 214 valence electrons. The third-order valence-electron chi connectivity index (χ3n) is 5.52. The number of hydrazone groups is 1. The molecule has 0 aliphatic carbocycles. The second-order valence-corrected chi connectivity index (χ2v) is 8.30. The normalized spacial score (nSPS) is 15.6. The second-order valence-electron chi connectivity index (χ2n) is 8.30. The Hall–Kier alpha value is -5.04. The molecular formula is C28H29N5O8. The van der Waals surface area contributed by atoms with Gasteiger partial charge in [-0.05, 0) is 44.2 Å². The largest absolute Gasteiger partial charge is 0.481 e. The van der Waals surface area contributed by atoms with Gasteiger partial charge in [0, 0.05) is 18.5 Å². The van der Waals surface area contributed by atoms with Crippen molar-refractivity contribution in [1.82, 2.24) is 15.0 Å². The number of hydrogen-bond donors (Lipinski definition) is 1. The van der Waals surface area contributed by atoms with Gasteiger partial charge in [0.25, 0.3) is 0 Å². The lowest BCUT2D eigenvalue weighted by molar-refractivity contribution is -0.153. The van der Waals surface area contributed by atoms with Gasteiger partial charge in [0.05, 0.1) is 50.7 Å². The van der Waals surface area contributed by atoms with Gasteiger partial charge in [-0.25, -0.2) is 19.6 Å². The van der Waals surface area contributed by atoms with E-state index in [2.05, 4.69) is 24.8 Å². The molecule has 1 N–H and O–H groups in total. The second kappa shape index (κ2) is 14.4. The zero-order chi connectivity index (χ0) is 29.8. The van der Waals surface area contributed by atoms with E-state index in [1.165, 1.54) is 30.6 Å². The van der Waals surface area contributed by atoms with Crippen molar-refractivity contribution in [2.45, 2.75) is 32.4 Å². The molecule has 13 nitrogen and oxygen atoms in total. The highest BCUT2D eigenvalue weighted by Crippen LogP contribution is 2.38. The van der Waals surface area contributed by atoms with Crippen molar-refractivity contribution in [3.8, 4) is 5.88 Å². The summed E-state index contributed by atoms with van der Waals surface area (Å²) in [5.74, 6) is -2.46. The minimum absolute atomic E-state index is 0.0468. The first-order valence-electron chi connectivity index (χ1n) is 12.6. The summed E-state index contributed by atoms with van der Waals surface area (Å²) in [6.45, 7) is 3.64. The molecule has 3 aromatic rings. The molecule has 4 heterocycles. The lowest BCUT2D eigenvalue weighted by Crippen LogP contribution is -2.41. The Bertz CT molecular complexity index is 1380. The van der Waals surface area contributed by atoms with Gasteiger partial charge in [0.2, 0.25) is 17.4 Å². The van der Waals surface area contributed by atoms with Gasteiger partial charge in [0.1, 0.15) is 5.69 Å². The molecule has 1 atom stereocenters. The Morgan fingerprint density at radius 1 is 0.927 bits per heavy atom. The van der Waals surface area contributed by atoms with Crippen molar-refractivity contribution >= 4 is 34.9 Å². The van der Waals surface area contributed by atoms with Crippen LogP contribution in [0.4, 0.5) is 5.69 Å². The molecule has 0 radical (unpaired) electrons. The van der Waals surface area contributed by atoms with Crippen LogP contribution >= 0.6 is 0 Å². The SMILES string of the molecule is CCOC(=O)C(=O)CC(=O)c1ccccn1.CCOC(=O)C1=NN(c2ccc(OC)nc2)C(O)(c2ccccn2)C1. The van der Waals surface area contributed by atoms with Gasteiger partial charge in [-0.15, -0.1) is 0 Å². The van der Waals surface area contributed by atoms with Gasteiger partial charge in [-0.1, -0.05) is 12.1 Å². The average Bonchev–Trinajstić information content (AvgIpc) is 3.37. The van der Waals surface area contributed by atoms with E-state index in [1.807, 2.05) is 0 Å². The molecule has 0 amide bonds. The third kappa shape index (κ3) is 7.76. The number of carbonyl (C=O) groups excluding carboxylic acids is 4. The highest BCUT2D eigenvalue weighted by molar-refractivity contribution is 6.38. The lowest BCUT2D eigenvalue weighted by atomic mass is 10.0. The maximum absolute atomic E-state index is 12.1. The van der Waals surface area contributed by atoms with Crippen LogP contribution in [0.15, 0.2) is 72.2 Å². The predicted octanol–water partition coefficient (Wildman–Crippen LogP) is 2.25. The summed E-state index contributed by atoms with van der Waals surface area (Å²) in [6.07, 6.45) is 3.97. The number of nitrogens with zero attached hydrogens (tertiary/aromatic N) is 5. The molecule has 41 heavy (non-hydrogen) atoms. The number of aromatic nitrogens is 3. The Labute approximate surface area is 235 Å². The van der Waals surface area contributed by atoms with Gasteiger partial charge >= 0.3 is 11.9 Å². The van der Waals surface area contributed by atoms with Crippen LogP contribution in [0.25, 0.3) is 0 Å². The van der Waals surface area contributed by atoms with Crippen molar-refractivity contribution in [1.29, 1.82) is 0 Å².